The Morgan fingerprint density at radius 3 is 2.65 bits per heavy atom. The summed E-state index contributed by atoms with van der Waals surface area (Å²) < 4.78 is 0.495. The molecule has 100 valence electrons. The minimum atomic E-state index is 0.495. The van der Waals surface area contributed by atoms with Crippen LogP contribution in [0.3, 0.4) is 0 Å². The highest BCUT2D eigenvalue weighted by molar-refractivity contribution is 7.71. The normalized spacial score (nSPS) is 10.7. The Balaban J connectivity index is 1.90. The van der Waals surface area contributed by atoms with E-state index in [2.05, 4.69) is 46.5 Å². The Morgan fingerprint density at radius 2 is 1.85 bits per heavy atom. The molecule has 0 aliphatic rings. The molecule has 0 bridgehead atoms. The van der Waals surface area contributed by atoms with Crippen molar-refractivity contribution in [2.75, 3.05) is 5.32 Å². The summed E-state index contributed by atoms with van der Waals surface area (Å²) in [5.74, 6) is 0.824. The fourth-order valence-electron chi connectivity index (χ4n) is 2.13. The van der Waals surface area contributed by atoms with E-state index in [1.54, 1.807) is 0 Å². The predicted octanol–water partition coefficient (Wildman–Crippen LogP) is 4.21. The summed E-state index contributed by atoms with van der Waals surface area (Å²) in [6, 6.07) is 16.5. The van der Waals surface area contributed by atoms with Gasteiger partial charge in [0.25, 0.3) is 0 Å². The van der Waals surface area contributed by atoms with E-state index in [1.807, 2.05) is 24.3 Å². The number of nitrogens with one attached hydrogen (secondary N) is 2. The van der Waals surface area contributed by atoms with E-state index in [4.69, 9.17) is 12.2 Å². The highest BCUT2D eigenvalue weighted by Gasteiger charge is 2.03. The van der Waals surface area contributed by atoms with Crippen LogP contribution < -0.4 is 5.32 Å². The van der Waals surface area contributed by atoms with E-state index in [-0.39, 0.29) is 0 Å². The molecule has 3 rings (SSSR count). The van der Waals surface area contributed by atoms with E-state index in [9.17, 15) is 0 Å². The highest BCUT2D eigenvalue weighted by Crippen LogP contribution is 2.19. The fourth-order valence-corrected chi connectivity index (χ4v) is 2.33. The zero-order chi connectivity index (χ0) is 13.9. The molecular weight excluding hydrogens is 266 g/mol. The predicted molar refractivity (Wildman–Crippen MR) is 85.4 cm³/mol. The van der Waals surface area contributed by atoms with Crippen molar-refractivity contribution >= 4 is 28.9 Å². The summed E-state index contributed by atoms with van der Waals surface area (Å²) in [5, 5.41) is 4.42. The quantitative estimate of drug-likeness (QED) is 0.706. The lowest BCUT2D eigenvalue weighted by atomic mass is 10.1. The molecule has 1 aromatic heterocycles. The van der Waals surface area contributed by atoms with Gasteiger partial charge >= 0.3 is 0 Å². The smallest absolute Gasteiger partial charge is 0.199 e. The minimum absolute atomic E-state index is 0.495. The number of anilines is 1. The van der Waals surface area contributed by atoms with Crippen molar-refractivity contribution in [1.29, 1.82) is 0 Å². The van der Waals surface area contributed by atoms with E-state index in [0.717, 1.165) is 23.3 Å². The van der Waals surface area contributed by atoms with Gasteiger partial charge in [-0.25, -0.2) is 4.98 Å². The molecule has 3 aromatic rings. The van der Waals surface area contributed by atoms with Crippen molar-refractivity contribution in [3.63, 3.8) is 0 Å². The SMILES string of the molecule is Cc1ccc(CNc2nc(=S)[nH]c3ccccc23)cc1. The van der Waals surface area contributed by atoms with Crippen LogP contribution in [0, 0.1) is 11.7 Å². The fraction of sp³-hybridized carbons (Fsp3) is 0.125. The maximum atomic E-state index is 5.17. The molecule has 2 aromatic carbocycles. The molecule has 2 N–H and O–H groups in total. The molecule has 0 atom stereocenters. The molecule has 0 aliphatic heterocycles. The largest absolute Gasteiger partial charge is 0.365 e. The molecule has 0 unspecified atom stereocenters. The molecule has 0 spiro atoms. The lowest BCUT2D eigenvalue weighted by Gasteiger charge is -2.09. The minimum Gasteiger partial charge on any atom is -0.365 e. The standard InChI is InChI=1S/C16H15N3S/c1-11-6-8-12(9-7-11)10-17-15-13-4-2-3-5-14(13)18-16(20)19-15/h2-9H,10H2,1H3,(H2,17,18,19,20). The number of H-pyrrole nitrogens is 1. The number of rotatable bonds is 3. The van der Waals surface area contributed by atoms with Gasteiger partial charge in [-0.2, -0.15) is 0 Å². The Morgan fingerprint density at radius 1 is 1.10 bits per heavy atom. The number of aryl methyl sites for hydroxylation is 1. The molecule has 0 saturated heterocycles. The van der Waals surface area contributed by atoms with Gasteiger partial charge < -0.3 is 10.3 Å². The summed E-state index contributed by atoms with van der Waals surface area (Å²) in [6.45, 7) is 2.82. The molecule has 3 nitrogen and oxygen atoms in total. The third kappa shape index (κ3) is 2.70. The van der Waals surface area contributed by atoms with Crippen LogP contribution in [-0.4, -0.2) is 9.97 Å². The lowest BCUT2D eigenvalue weighted by molar-refractivity contribution is 1.09. The van der Waals surface area contributed by atoms with Gasteiger partial charge in [-0.15, -0.1) is 0 Å². The van der Waals surface area contributed by atoms with E-state index in [0.29, 0.717) is 4.77 Å². The monoisotopic (exact) mass is 281 g/mol. The number of aromatic amines is 1. The van der Waals surface area contributed by atoms with Crippen LogP contribution in [0.1, 0.15) is 11.1 Å². The van der Waals surface area contributed by atoms with Gasteiger partial charge in [0.05, 0.1) is 5.52 Å². The number of benzene rings is 2. The van der Waals surface area contributed by atoms with Gasteiger partial charge in [-0.3, -0.25) is 0 Å². The molecule has 1 heterocycles. The molecule has 0 aliphatic carbocycles. The summed E-state index contributed by atoms with van der Waals surface area (Å²) in [6.07, 6.45) is 0. The first-order chi connectivity index (χ1) is 9.72. The zero-order valence-electron chi connectivity index (χ0n) is 11.2. The third-order valence-corrected chi connectivity index (χ3v) is 3.41. The average Bonchev–Trinajstić information content (AvgIpc) is 2.46. The molecule has 20 heavy (non-hydrogen) atoms. The van der Waals surface area contributed by atoms with Crippen LogP contribution in [0.4, 0.5) is 5.82 Å². The number of aromatic nitrogens is 2. The summed E-state index contributed by atoms with van der Waals surface area (Å²) in [4.78, 5) is 7.48. The van der Waals surface area contributed by atoms with Gasteiger partial charge in [-0.1, -0.05) is 42.0 Å². The Hall–Kier alpha value is -2.20. The first kappa shape index (κ1) is 12.8. The second-order valence-corrected chi connectivity index (χ2v) is 5.16. The molecule has 0 saturated carbocycles. The number of fused-ring (bicyclic) bond motifs is 1. The number of nitrogens with zero attached hydrogens (tertiary/aromatic N) is 1. The molecule has 0 radical (unpaired) electrons. The van der Waals surface area contributed by atoms with Crippen molar-refractivity contribution in [2.24, 2.45) is 0 Å². The Kier molecular flexibility index (Phi) is 3.48. The number of para-hydroxylation sites is 1. The van der Waals surface area contributed by atoms with Crippen LogP contribution in [-0.2, 0) is 6.54 Å². The van der Waals surface area contributed by atoms with Crippen molar-refractivity contribution in [3.8, 4) is 0 Å². The van der Waals surface area contributed by atoms with E-state index >= 15 is 0 Å². The first-order valence-corrected chi connectivity index (χ1v) is 6.92. The van der Waals surface area contributed by atoms with Crippen molar-refractivity contribution in [3.05, 3.63) is 64.4 Å². The highest BCUT2D eigenvalue weighted by atomic mass is 32.1. The van der Waals surface area contributed by atoms with Crippen molar-refractivity contribution in [1.82, 2.24) is 9.97 Å². The number of hydrogen-bond donors (Lipinski definition) is 2. The van der Waals surface area contributed by atoms with E-state index in [1.165, 1.54) is 11.1 Å². The maximum Gasteiger partial charge on any atom is 0.199 e. The first-order valence-electron chi connectivity index (χ1n) is 6.51. The van der Waals surface area contributed by atoms with Crippen LogP contribution in [0.15, 0.2) is 48.5 Å². The van der Waals surface area contributed by atoms with Crippen molar-refractivity contribution in [2.45, 2.75) is 13.5 Å². The van der Waals surface area contributed by atoms with Gasteiger partial charge in [0.2, 0.25) is 0 Å². The van der Waals surface area contributed by atoms with Crippen LogP contribution in [0.25, 0.3) is 10.9 Å². The summed E-state index contributed by atoms with van der Waals surface area (Å²) >= 11 is 5.17. The second-order valence-electron chi connectivity index (χ2n) is 4.78. The number of hydrogen-bond acceptors (Lipinski definition) is 3. The van der Waals surface area contributed by atoms with E-state index < -0.39 is 0 Å². The third-order valence-electron chi connectivity index (χ3n) is 3.22. The summed E-state index contributed by atoms with van der Waals surface area (Å²) in [7, 11) is 0. The second kappa shape index (κ2) is 5.43. The lowest BCUT2D eigenvalue weighted by Crippen LogP contribution is -2.03. The van der Waals surface area contributed by atoms with Gasteiger partial charge in [0, 0.05) is 11.9 Å². The molecule has 0 amide bonds. The molecular formula is C16H15N3S. The van der Waals surface area contributed by atoms with Gasteiger partial charge in [-0.05, 0) is 36.8 Å². The van der Waals surface area contributed by atoms with Gasteiger partial charge in [0.15, 0.2) is 4.77 Å². The van der Waals surface area contributed by atoms with Gasteiger partial charge in [0.1, 0.15) is 5.82 Å². The topological polar surface area (TPSA) is 40.7 Å². The van der Waals surface area contributed by atoms with Crippen LogP contribution in [0.5, 0.6) is 0 Å². The zero-order valence-corrected chi connectivity index (χ0v) is 12.0. The molecule has 0 fully saturated rings. The average molecular weight is 281 g/mol. The maximum absolute atomic E-state index is 5.17. The Labute approximate surface area is 122 Å². The summed E-state index contributed by atoms with van der Waals surface area (Å²) in [5.41, 5.74) is 3.48. The van der Waals surface area contributed by atoms with Crippen LogP contribution in [0.2, 0.25) is 0 Å². The van der Waals surface area contributed by atoms with Crippen molar-refractivity contribution < 1.29 is 0 Å². The molecule has 4 heteroatoms. The Bertz CT molecular complexity index is 791. The van der Waals surface area contributed by atoms with Crippen LogP contribution >= 0.6 is 12.2 Å².